The van der Waals surface area contributed by atoms with Crippen LogP contribution >= 0.6 is 0 Å². The van der Waals surface area contributed by atoms with Crippen molar-refractivity contribution in [1.82, 2.24) is 0 Å². The van der Waals surface area contributed by atoms with Crippen molar-refractivity contribution in [2.75, 3.05) is 13.2 Å². The normalized spacial score (nSPS) is 11.4. The van der Waals surface area contributed by atoms with E-state index < -0.39 is 0 Å². The van der Waals surface area contributed by atoms with E-state index in [0.29, 0.717) is 29.8 Å². The second kappa shape index (κ2) is 5.51. The van der Waals surface area contributed by atoms with Gasteiger partial charge in [0, 0.05) is 19.6 Å². The van der Waals surface area contributed by atoms with E-state index in [9.17, 15) is 4.79 Å². The van der Waals surface area contributed by atoms with Crippen LogP contribution in [0.1, 0.15) is 19.1 Å². The maximum Gasteiger partial charge on any atom is 0.347 e. The molecule has 104 valence electrons. The monoisotopic (exact) mass is 272 g/mol. The summed E-state index contributed by atoms with van der Waals surface area (Å²) in [7, 11) is 0. The van der Waals surface area contributed by atoms with Crippen molar-refractivity contribution in [3.63, 3.8) is 0 Å². The molecule has 0 N–H and O–H groups in total. The zero-order chi connectivity index (χ0) is 13.9. The second-order valence-corrected chi connectivity index (χ2v) is 4.64. The Morgan fingerprint density at radius 1 is 1.15 bits per heavy atom. The second-order valence-electron chi connectivity index (χ2n) is 4.64. The van der Waals surface area contributed by atoms with Crippen LogP contribution in [0.2, 0.25) is 0 Å². The van der Waals surface area contributed by atoms with Gasteiger partial charge in [0.2, 0.25) is 0 Å². The fourth-order valence-electron chi connectivity index (χ4n) is 2.31. The summed E-state index contributed by atoms with van der Waals surface area (Å²) in [4.78, 5) is 11.9. The average molecular weight is 272 g/mol. The SMILES string of the molecule is CCOCCCc1cc2c(=O)oc3ccccc3c2o1. The Balaban J connectivity index is 1.99. The van der Waals surface area contributed by atoms with E-state index in [4.69, 9.17) is 13.6 Å². The number of aryl methyl sites for hydroxylation is 1. The van der Waals surface area contributed by atoms with Gasteiger partial charge < -0.3 is 13.6 Å². The Morgan fingerprint density at radius 3 is 2.85 bits per heavy atom. The van der Waals surface area contributed by atoms with Crippen molar-refractivity contribution in [2.24, 2.45) is 0 Å². The molecule has 3 rings (SSSR count). The van der Waals surface area contributed by atoms with Crippen molar-refractivity contribution in [3.8, 4) is 0 Å². The van der Waals surface area contributed by atoms with Crippen LogP contribution in [0.4, 0.5) is 0 Å². The van der Waals surface area contributed by atoms with Crippen LogP contribution < -0.4 is 5.63 Å². The highest BCUT2D eigenvalue weighted by molar-refractivity contribution is 6.00. The van der Waals surface area contributed by atoms with Crippen LogP contribution in [0.3, 0.4) is 0 Å². The van der Waals surface area contributed by atoms with Gasteiger partial charge in [0.1, 0.15) is 16.7 Å². The van der Waals surface area contributed by atoms with Crippen molar-refractivity contribution < 1.29 is 13.6 Å². The van der Waals surface area contributed by atoms with E-state index in [1.54, 1.807) is 12.1 Å². The maximum absolute atomic E-state index is 11.9. The van der Waals surface area contributed by atoms with Gasteiger partial charge in [0.05, 0.1) is 5.39 Å². The van der Waals surface area contributed by atoms with E-state index >= 15 is 0 Å². The number of ether oxygens (including phenoxy) is 1. The lowest BCUT2D eigenvalue weighted by atomic mass is 10.2. The molecule has 2 aromatic heterocycles. The molecule has 0 unspecified atom stereocenters. The molecule has 0 spiro atoms. The highest BCUT2D eigenvalue weighted by Gasteiger charge is 2.12. The van der Waals surface area contributed by atoms with Gasteiger partial charge >= 0.3 is 5.63 Å². The van der Waals surface area contributed by atoms with Crippen molar-refractivity contribution >= 4 is 21.9 Å². The number of benzene rings is 1. The molecule has 1 aromatic carbocycles. The molecule has 3 aromatic rings. The summed E-state index contributed by atoms with van der Waals surface area (Å²) in [5.41, 5.74) is 0.821. The van der Waals surface area contributed by atoms with Crippen LogP contribution in [0.15, 0.2) is 44.0 Å². The summed E-state index contributed by atoms with van der Waals surface area (Å²) >= 11 is 0. The number of furan rings is 1. The van der Waals surface area contributed by atoms with Crippen molar-refractivity contribution in [2.45, 2.75) is 19.8 Å². The molecule has 0 bridgehead atoms. The molecule has 4 heteroatoms. The number of para-hydroxylation sites is 1. The van der Waals surface area contributed by atoms with Gasteiger partial charge in [-0.15, -0.1) is 0 Å². The zero-order valence-corrected chi connectivity index (χ0v) is 11.3. The third-order valence-electron chi connectivity index (χ3n) is 3.25. The van der Waals surface area contributed by atoms with E-state index in [-0.39, 0.29) is 5.63 Å². The highest BCUT2D eigenvalue weighted by Crippen LogP contribution is 2.25. The van der Waals surface area contributed by atoms with Crippen molar-refractivity contribution in [3.05, 3.63) is 46.5 Å². The van der Waals surface area contributed by atoms with E-state index in [1.165, 1.54) is 0 Å². The zero-order valence-electron chi connectivity index (χ0n) is 11.3. The summed E-state index contributed by atoms with van der Waals surface area (Å²) in [5, 5.41) is 1.34. The first kappa shape index (κ1) is 12.9. The number of fused-ring (bicyclic) bond motifs is 3. The minimum atomic E-state index is -0.349. The molecular weight excluding hydrogens is 256 g/mol. The predicted molar refractivity (Wildman–Crippen MR) is 77.1 cm³/mol. The molecule has 0 amide bonds. The number of rotatable bonds is 5. The molecule has 2 heterocycles. The minimum Gasteiger partial charge on any atom is -0.460 e. The molecular formula is C16H16O4. The lowest BCUT2D eigenvalue weighted by molar-refractivity contribution is 0.144. The first-order chi connectivity index (χ1) is 9.79. The first-order valence-electron chi connectivity index (χ1n) is 6.81. The maximum atomic E-state index is 11.9. The summed E-state index contributed by atoms with van der Waals surface area (Å²) in [5.74, 6) is 0.795. The Morgan fingerprint density at radius 2 is 2.00 bits per heavy atom. The van der Waals surface area contributed by atoms with Crippen molar-refractivity contribution in [1.29, 1.82) is 0 Å². The third-order valence-corrected chi connectivity index (χ3v) is 3.25. The molecule has 0 atom stereocenters. The Bertz CT molecular complexity index is 782. The lowest BCUT2D eigenvalue weighted by Crippen LogP contribution is -1.97. The standard InChI is InChI=1S/C16H16O4/c1-2-18-9-5-6-11-10-13-15(19-11)12-7-3-4-8-14(12)20-16(13)17/h3-4,7-8,10H,2,5-6,9H2,1H3. The molecule has 20 heavy (non-hydrogen) atoms. The molecule has 0 aliphatic carbocycles. The Labute approximate surface area is 115 Å². The first-order valence-corrected chi connectivity index (χ1v) is 6.81. The van der Waals surface area contributed by atoms with Gasteiger partial charge in [-0.25, -0.2) is 4.79 Å². The molecule has 0 aliphatic heterocycles. The van der Waals surface area contributed by atoms with Gasteiger partial charge in [0.25, 0.3) is 0 Å². The third kappa shape index (κ3) is 2.34. The summed E-state index contributed by atoms with van der Waals surface area (Å²) in [6.07, 6.45) is 1.62. The van der Waals surface area contributed by atoms with Gasteiger partial charge in [-0.1, -0.05) is 12.1 Å². The molecule has 0 saturated carbocycles. The van der Waals surface area contributed by atoms with Gasteiger partial charge in [-0.2, -0.15) is 0 Å². The molecule has 0 aliphatic rings. The predicted octanol–water partition coefficient (Wildman–Crippen LogP) is 3.51. The van der Waals surface area contributed by atoms with Crippen LogP contribution in [0.5, 0.6) is 0 Å². The summed E-state index contributed by atoms with van der Waals surface area (Å²) in [6.45, 7) is 3.38. The molecule has 4 nitrogen and oxygen atoms in total. The Kier molecular flexibility index (Phi) is 3.56. The minimum absolute atomic E-state index is 0.349. The topological polar surface area (TPSA) is 52.6 Å². The highest BCUT2D eigenvalue weighted by atomic mass is 16.5. The van der Waals surface area contributed by atoms with Crippen LogP contribution in [0, 0.1) is 0 Å². The van der Waals surface area contributed by atoms with Gasteiger partial charge in [-0.3, -0.25) is 0 Å². The number of hydrogen-bond donors (Lipinski definition) is 0. The van der Waals surface area contributed by atoms with Crippen LogP contribution in [-0.2, 0) is 11.2 Å². The van der Waals surface area contributed by atoms with Crippen LogP contribution in [0.25, 0.3) is 21.9 Å². The Hall–Kier alpha value is -2.07. The largest absolute Gasteiger partial charge is 0.460 e. The van der Waals surface area contributed by atoms with E-state index in [2.05, 4.69) is 0 Å². The summed E-state index contributed by atoms with van der Waals surface area (Å²) < 4.78 is 16.4. The fourth-order valence-corrected chi connectivity index (χ4v) is 2.31. The molecule has 0 radical (unpaired) electrons. The van der Waals surface area contributed by atoms with Gasteiger partial charge in [-0.05, 0) is 31.5 Å². The summed E-state index contributed by atoms with van der Waals surface area (Å²) in [6, 6.07) is 9.18. The van der Waals surface area contributed by atoms with Gasteiger partial charge in [0.15, 0.2) is 5.58 Å². The number of hydrogen-bond acceptors (Lipinski definition) is 4. The fraction of sp³-hybridized carbons (Fsp3) is 0.312. The smallest absolute Gasteiger partial charge is 0.347 e. The quantitative estimate of drug-likeness (QED) is 0.527. The van der Waals surface area contributed by atoms with E-state index in [0.717, 1.165) is 24.0 Å². The average Bonchev–Trinajstić information content (AvgIpc) is 2.89. The van der Waals surface area contributed by atoms with Crippen LogP contribution in [-0.4, -0.2) is 13.2 Å². The van der Waals surface area contributed by atoms with E-state index in [1.807, 2.05) is 25.1 Å². The lowest BCUT2D eigenvalue weighted by Gasteiger charge is -1.98. The molecule has 0 saturated heterocycles. The molecule has 0 fully saturated rings.